The number of phosphoric ester groups is 1. The highest BCUT2D eigenvalue weighted by Crippen LogP contribution is 2.42. The van der Waals surface area contributed by atoms with E-state index in [-0.39, 0.29) is 17.5 Å². The number of nitrogens with zero attached hydrogens (tertiary/aromatic N) is 4. The fourth-order valence-corrected chi connectivity index (χ4v) is 3.82. The fraction of sp³-hybridized carbons (Fsp3) is 0.304. The molecule has 0 radical (unpaired) electrons. The molecule has 0 unspecified atom stereocenters. The summed E-state index contributed by atoms with van der Waals surface area (Å²) in [4.78, 5) is 44.1. The molecule has 0 aliphatic carbocycles. The number of fused-ring (bicyclic) bond motifs is 1. The van der Waals surface area contributed by atoms with Crippen molar-refractivity contribution in [2.45, 2.75) is 19.4 Å². The molecule has 3 heterocycles. The number of phosphoric acid groups is 1. The van der Waals surface area contributed by atoms with Crippen LogP contribution in [0, 0.1) is 5.82 Å². The highest BCUT2D eigenvalue weighted by molar-refractivity contribution is 7.46. The molecule has 0 atom stereocenters. The highest BCUT2D eigenvalue weighted by atomic mass is 31.2. The van der Waals surface area contributed by atoms with Crippen molar-refractivity contribution in [1.29, 1.82) is 0 Å². The van der Waals surface area contributed by atoms with Crippen molar-refractivity contribution in [3.8, 4) is 23.0 Å². The molecule has 214 valence electrons. The van der Waals surface area contributed by atoms with E-state index in [1.54, 1.807) is 12.1 Å². The molecule has 1 aliphatic rings. The van der Waals surface area contributed by atoms with Crippen LogP contribution < -0.4 is 34.5 Å². The van der Waals surface area contributed by atoms with Gasteiger partial charge in [0.15, 0.2) is 40.3 Å². The molecule has 40 heavy (non-hydrogen) atoms. The number of halogens is 1. The number of pyridine rings is 1. The smallest absolute Gasteiger partial charge is 0.471 e. The molecule has 1 aromatic carbocycles. The minimum Gasteiger partial charge on any atom is -0.493 e. The lowest BCUT2D eigenvalue weighted by molar-refractivity contribution is -0.133. The topological polar surface area (TPSA) is 187 Å². The largest absolute Gasteiger partial charge is 0.493 e. The van der Waals surface area contributed by atoms with Crippen LogP contribution in [0.15, 0.2) is 30.4 Å². The van der Waals surface area contributed by atoms with Crippen LogP contribution in [0.2, 0.25) is 0 Å². The first-order valence-electron chi connectivity index (χ1n) is 12.3. The number of hydrogen-bond donors (Lipinski definition) is 4. The van der Waals surface area contributed by atoms with E-state index in [4.69, 9.17) is 31.5 Å². The van der Waals surface area contributed by atoms with E-state index in [2.05, 4.69) is 30.1 Å². The summed E-state index contributed by atoms with van der Waals surface area (Å²) in [6.07, 6.45) is 0.842. The Balaban J connectivity index is 1.71. The van der Waals surface area contributed by atoms with Crippen molar-refractivity contribution < 1.29 is 49.7 Å². The number of anilines is 5. The Morgan fingerprint density at radius 2 is 1.80 bits per heavy atom. The number of carbonyl (C=O) groups is 1. The van der Waals surface area contributed by atoms with Gasteiger partial charge in [-0.25, -0.2) is 18.9 Å². The van der Waals surface area contributed by atoms with Gasteiger partial charge in [0.2, 0.25) is 11.7 Å². The molecule has 3 aromatic rings. The van der Waals surface area contributed by atoms with E-state index in [0.29, 0.717) is 22.9 Å². The lowest BCUT2D eigenvalue weighted by Crippen LogP contribution is -2.53. The summed E-state index contributed by atoms with van der Waals surface area (Å²) in [5, 5.41) is 5.38. The van der Waals surface area contributed by atoms with Crippen LogP contribution >= 0.6 is 7.82 Å². The molecule has 15 nitrogen and oxygen atoms in total. The number of ether oxygens (including phenoxy) is 4. The molecular weight excluding hydrogens is 554 g/mol. The number of benzene rings is 1. The van der Waals surface area contributed by atoms with Gasteiger partial charge in [0.25, 0.3) is 5.91 Å². The molecule has 2 aromatic heterocycles. The average molecular weight is 582 g/mol. The Morgan fingerprint density at radius 1 is 1.12 bits per heavy atom. The molecule has 17 heteroatoms. The van der Waals surface area contributed by atoms with Crippen molar-refractivity contribution >= 4 is 42.8 Å². The van der Waals surface area contributed by atoms with Gasteiger partial charge < -0.3 is 39.4 Å². The zero-order chi connectivity index (χ0) is 31.0. The molecule has 0 bridgehead atoms. The Labute approximate surface area is 230 Å². The fourth-order valence-electron chi connectivity index (χ4n) is 3.55. The standard InChI is InChI=1S/C23H26FN6O9P/c1-23(2)21(31)30(11-38-40(32,33)34)20-14(39-23)6-7-17(28-20)27-19-13(24)10-25-22(29-19)26-12-8-15(35-3)18(37-5)16(9-12)36-4/h6-10H,11H2,1-5H3,(H2,32,33,34)(H2,25,26,27,28,29)/i6D,7D. The van der Waals surface area contributed by atoms with Gasteiger partial charge in [0.1, 0.15) is 12.5 Å². The van der Waals surface area contributed by atoms with Gasteiger partial charge in [0.05, 0.1) is 30.3 Å². The first kappa shape index (κ1) is 26.0. The van der Waals surface area contributed by atoms with Crippen LogP contribution in [0.4, 0.5) is 33.5 Å². The molecule has 0 fully saturated rings. The summed E-state index contributed by atoms with van der Waals surface area (Å²) in [5.41, 5.74) is -1.20. The summed E-state index contributed by atoms with van der Waals surface area (Å²) in [6.45, 7) is 1.77. The second-order valence-electron chi connectivity index (χ2n) is 8.51. The van der Waals surface area contributed by atoms with Crippen LogP contribution in [0.1, 0.15) is 16.6 Å². The molecule has 0 saturated carbocycles. The molecular formula is C23H26FN6O9P. The Hall–Kier alpha value is -4.24. The Morgan fingerprint density at radius 3 is 2.40 bits per heavy atom. The minimum absolute atomic E-state index is 0.0966. The molecule has 1 amide bonds. The van der Waals surface area contributed by atoms with E-state index in [9.17, 15) is 13.8 Å². The third-order valence-corrected chi connectivity index (χ3v) is 5.80. The quantitative estimate of drug-likeness (QED) is 0.255. The second kappa shape index (κ2) is 11.1. The van der Waals surface area contributed by atoms with E-state index in [1.807, 2.05) is 0 Å². The summed E-state index contributed by atoms with van der Waals surface area (Å²) < 4.78 is 68.9. The highest BCUT2D eigenvalue weighted by Gasteiger charge is 2.42. The number of hydrogen-bond acceptors (Lipinski definition) is 12. The third kappa shape index (κ3) is 6.15. The normalized spacial score (nSPS) is 14.9. The van der Waals surface area contributed by atoms with Crippen LogP contribution in [0.3, 0.4) is 0 Å². The third-order valence-electron chi connectivity index (χ3n) is 5.35. The summed E-state index contributed by atoms with van der Waals surface area (Å²) >= 11 is 0. The van der Waals surface area contributed by atoms with Crippen LogP contribution in [-0.4, -0.2) is 64.3 Å². The van der Waals surface area contributed by atoms with Gasteiger partial charge in [0, 0.05) is 17.8 Å². The van der Waals surface area contributed by atoms with Crippen molar-refractivity contribution in [1.82, 2.24) is 15.0 Å². The van der Waals surface area contributed by atoms with Crippen molar-refractivity contribution in [2.24, 2.45) is 0 Å². The van der Waals surface area contributed by atoms with E-state index >= 15 is 0 Å². The van der Waals surface area contributed by atoms with Crippen LogP contribution in [-0.2, 0) is 13.9 Å². The van der Waals surface area contributed by atoms with E-state index in [1.165, 1.54) is 35.2 Å². The number of carbonyl (C=O) groups excluding carboxylic acids is 1. The zero-order valence-corrected chi connectivity index (χ0v) is 22.7. The zero-order valence-electron chi connectivity index (χ0n) is 23.8. The summed E-state index contributed by atoms with van der Waals surface area (Å²) in [7, 11) is -0.709. The molecule has 0 spiro atoms. The minimum atomic E-state index is -5.02. The maximum Gasteiger partial charge on any atom is 0.471 e. The number of amides is 1. The van der Waals surface area contributed by atoms with Crippen molar-refractivity contribution in [3.63, 3.8) is 0 Å². The number of aromatic nitrogens is 3. The summed E-state index contributed by atoms with van der Waals surface area (Å²) in [6, 6.07) is 2.03. The molecule has 1 aliphatic heterocycles. The number of rotatable bonds is 10. The second-order valence-corrected chi connectivity index (χ2v) is 9.75. The Kier molecular flexibility index (Phi) is 7.21. The van der Waals surface area contributed by atoms with E-state index in [0.717, 1.165) is 11.1 Å². The van der Waals surface area contributed by atoms with Gasteiger partial charge in [-0.05, 0) is 25.9 Å². The van der Waals surface area contributed by atoms with Crippen molar-refractivity contribution in [2.75, 3.05) is 43.6 Å². The molecule has 0 saturated heterocycles. The molecule has 4 N–H and O–H groups in total. The van der Waals surface area contributed by atoms with Crippen molar-refractivity contribution in [3.05, 3.63) is 36.2 Å². The summed E-state index contributed by atoms with van der Waals surface area (Å²) in [5.74, 6) is -2.45. The van der Waals surface area contributed by atoms with E-state index < -0.39 is 55.6 Å². The maximum atomic E-state index is 14.8. The average Bonchev–Trinajstić information content (AvgIpc) is 2.93. The molecule has 4 rings (SSSR count). The number of methoxy groups -OCH3 is 3. The first-order valence-corrected chi connectivity index (χ1v) is 12.8. The van der Waals surface area contributed by atoms with Crippen LogP contribution in [0.25, 0.3) is 0 Å². The van der Waals surface area contributed by atoms with Gasteiger partial charge in [-0.15, -0.1) is 0 Å². The predicted octanol–water partition coefficient (Wildman–Crippen LogP) is 3.09. The number of nitrogens with one attached hydrogen (secondary N) is 2. The van der Waals surface area contributed by atoms with Crippen LogP contribution in [0.5, 0.6) is 23.0 Å². The van der Waals surface area contributed by atoms with Gasteiger partial charge >= 0.3 is 7.82 Å². The maximum absolute atomic E-state index is 14.8. The predicted molar refractivity (Wildman–Crippen MR) is 139 cm³/mol. The monoisotopic (exact) mass is 582 g/mol. The lowest BCUT2D eigenvalue weighted by Gasteiger charge is -2.37. The Bertz CT molecular complexity index is 1570. The first-order chi connectivity index (χ1) is 19.7. The van der Waals surface area contributed by atoms with Gasteiger partial charge in [-0.3, -0.25) is 14.2 Å². The SMILES string of the molecule is [2H]c1c(Nc2nc(Nc3cc(OC)c(OC)c(OC)c3)ncc2F)nc2c(c1[2H])OC(C)(C)C(=O)N2COP(=O)(O)O. The van der Waals surface area contributed by atoms with Gasteiger partial charge in [-0.1, -0.05) is 0 Å². The lowest BCUT2D eigenvalue weighted by atomic mass is 10.1. The van der Waals surface area contributed by atoms with Gasteiger partial charge in [-0.2, -0.15) is 4.98 Å².